The van der Waals surface area contributed by atoms with E-state index in [0.717, 1.165) is 24.1 Å². The van der Waals surface area contributed by atoms with Crippen LogP contribution in [0.5, 0.6) is 0 Å². The van der Waals surface area contributed by atoms with Crippen LogP contribution in [-0.4, -0.2) is 69.6 Å². The summed E-state index contributed by atoms with van der Waals surface area (Å²) >= 11 is 0. The van der Waals surface area contributed by atoms with E-state index in [1.807, 2.05) is 6.92 Å². The number of anilines is 1. The summed E-state index contributed by atoms with van der Waals surface area (Å²) in [6.45, 7) is 4.85. The predicted octanol–water partition coefficient (Wildman–Crippen LogP) is -1.10. The molecule has 3 N–H and O–H groups in total. The number of carbonyl (C=O) groups is 2. The van der Waals surface area contributed by atoms with Crippen LogP contribution in [0, 0.1) is 0 Å². The highest BCUT2D eigenvalue weighted by molar-refractivity contribution is 5.92. The molecule has 0 bridgehead atoms. The number of quaternary nitrogens is 2. The number of nitrogens with one attached hydrogen (secondary N) is 3. The van der Waals surface area contributed by atoms with Gasteiger partial charge in [-0.2, -0.15) is 13.2 Å². The molecule has 1 aromatic rings. The summed E-state index contributed by atoms with van der Waals surface area (Å²) in [4.78, 5) is 28.0. The fourth-order valence-electron chi connectivity index (χ4n) is 3.36. The average Bonchev–Trinajstić information content (AvgIpc) is 2.60. The first-order chi connectivity index (χ1) is 12.6. The van der Waals surface area contributed by atoms with Crippen molar-refractivity contribution in [3.05, 3.63) is 29.8 Å². The second-order valence-electron chi connectivity index (χ2n) is 7.13. The lowest BCUT2D eigenvalue weighted by molar-refractivity contribution is -1.01. The Balaban J connectivity index is 1.88. The van der Waals surface area contributed by atoms with Crippen LogP contribution in [-0.2, 0) is 15.8 Å². The molecule has 0 radical (unpaired) electrons. The van der Waals surface area contributed by atoms with Crippen molar-refractivity contribution in [1.82, 2.24) is 4.90 Å². The Bertz CT molecular complexity index is 671. The van der Waals surface area contributed by atoms with Gasteiger partial charge in [0.05, 0.1) is 11.3 Å². The third-order valence-corrected chi connectivity index (χ3v) is 4.94. The molecule has 2 amide bonds. The second kappa shape index (κ2) is 8.71. The maximum Gasteiger partial charge on any atom is 0.418 e. The van der Waals surface area contributed by atoms with Gasteiger partial charge in [0, 0.05) is 14.1 Å². The van der Waals surface area contributed by atoms with Gasteiger partial charge in [0.15, 0.2) is 12.6 Å². The molecule has 0 spiro atoms. The Labute approximate surface area is 156 Å². The molecule has 6 nitrogen and oxygen atoms in total. The lowest BCUT2D eigenvalue weighted by Crippen LogP contribution is -3.30. The van der Waals surface area contributed by atoms with E-state index in [9.17, 15) is 22.8 Å². The number of alkyl halides is 3. The summed E-state index contributed by atoms with van der Waals surface area (Å²) in [5.74, 6) is -0.377. The number of hydrogen-bond acceptors (Lipinski definition) is 2. The zero-order valence-electron chi connectivity index (χ0n) is 15.8. The topological polar surface area (TPSA) is 58.3 Å². The first-order valence-electron chi connectivity index (χ1n) is 8.95. The second-order valence-corrected chi connectivity index (χ2v) is 7.13. The van der Waals surface area contributed by atoms with Gasteiger partial charge in [0.2, 0.25) is 0 Å². The first kappa shape index (κ1) is 21.2. The Morgan fingerprint density at radius 3 is 2.30 bits per heavy atom. The van der Waals surface area contributed by atoms with E-state index in [1.54, 1.807) is 19.0 Å². The van der Waals surface area contributed by atoms with E-state index >= 15 is 0 Å². The number of halogens is 3. The van der Waals surface area contributed by atoms with E-state index < -0.39 is 17.6 Å². The van der Waals surface area contributed by atoms with Gasteiger partial charge in [-0.15, -0.1) is 0 Å². The lowest BCUT2D eigenvalue weighted by Gasteiger charge is -2.33. The van der Waals surface area contributed by atoms with Gasteiger partial charge >= 0.3 is 6.18 Å². The smallest absolute Gasteiger partial charge is 0.344 e. The molecule has 1 saturated heterocycles. The van der Waals surface area contributed by atoms with E-state index in [-0.39, 0.29) is 24.2 Å². The van der Waals surface area contributed by atoms with Gasteiger partial charge in [-0.1, -0.05) is 12.1 Å². The van der Waals surface area contributed by atoms with Crippen LogP contribution in [0.4, 0.5) is 18.9 Å². The average molecular weight is 388 g/mol. The minimum absolute atomic E-state index is 0.0648. The van der Waals surface area contributed by atoms with Crippen LogP contribution in [0.3, 0.4) is 0 Å². The molecule has 1 heterocycles. The molecule has 1 aliphatic rings. The van der Waals surface area contributed by atoms with Crippen LogP contribution in [0.1, 0.15) is 12.5 Å². The lowest BCUT2D eigenvalue weighted by atomic mass is 10.1. The Hall–Kier alpha value is -2.13. The number of benzene rings is 1. The van der Waals surface area contributed by atoms with Crippen LogP contribution >= 0.6 is 0 Å². The van der Waals surface area contributed by atoms with Gasteiger partial charge < -0.3 is 20.0 Å². The quantitative estimate of drug-likeness (QED) is 0.600. The molecule has 1 atom stereocenters. The molecule has 2 rings (SSSR count). The van der Waals surface area contributed by atoms with E-state index in [2.05, 4.69) is 5.32 Å². The molecule has 1 aliphatic heterocycles. The van der Waals surface area contributed by atoms with Gasteiger partial charge in [0.25, 0.3) is 11.8 Å². The van der Waals surface area contributed by atoms with Crippen LogP contribution < -0.4 is 15.1 Å². The summed E-state index contributed by atoms with van der Waals surface area (Å²) in [7, 11) is 3.45. The van der Waals surface area contributed by atoms with E-state index in [0.29, 0.717) is 13.1 Å². The zero-order valence-corrected chi connectivity index (χ0v) is 15.8. The minimum atomic E-state index is -4.51. The van der Waals surface area contributed by atoms with E-state index in [1.165, 1.54) is 23.1 Å². The number of rotatable bonds is 5. The normalized spacial score (nSPS) is 21.4. The monoisotopic (exact) mass is 388 g/mol. The molecule has 0 aliphatic carbocycles. The van der Waals surface area contributed by atoms with Gasteiger partial charge in [-0.05, 0) is 19.1 Å². The van der Waals surface area contributed by atoms with Crippen molar-refractivity contribution in [3.8, 4) is 0 Å². The molecule has 150 valence electrons. The van der Waals surface area contributed by atoms with Gasteiger partial charge in [0.1, 0.15) is 26.2 Å². The number of piperazine rings is 1. The van der Waals surface area contributed by atoms with Gasteiger partial charge in [-0.25, -0.2) is 0 Å². The number of amides is 2. The zero-order chi connectivity index (χ0) is 20.2. The summed E-state index contributed by atoms with van der Waals surface area (Å²) in [5, 5.41) is 2.38. The molecular weight excluding hydrogens is 361 g/mol. The highest BCUT2D eigenvalue weighted by atomic mass is 19.4. The largest absolute Gasteiger partial charge is 0.418 e. The molecule has 9 heteroatoms. The number of hydrogen-bond donors (Lipinski definition) is 3. The molecule has 1 aromatic carbocycles. The number of para-hydroxylation sites is 1. The molecule has 0 aromatic heterocycles. The first-order valence-corrected chi connectivity index (χ1v) is 8.95. The maximum absolute atomic E-state index is 13.0. The van der Waals surface area contributed by atoms with Gasteiger partial charge in [-0.3, -0.25) is 9.59 Å². The Morgan fingerprint density at radius 2 is 1.74 bits per heavy atom. The van der Waals surface area contributed by atoms with Crippen molar-refractivity contribution in [2.45, 2.75) is 19.1 Å². The van der Waals surface area contributed by atoms with Crippen molar-refractivity contribution < 1.29 is 32.6 Å². The number of nitrogens with zero attached hydrogens (tertiary/aromatic N) is 1. The Kier molecular flexibility index (Phi) is 6.83. The van der Waals surface area contributed by atoms with Crippen molar-refractivity contribution in [3.63, 3.8) is 0 Å². The van der Waals surface area contributed by atoms with Crippen molar-refractivity contribution in [2.75, 3.05) is 52.1 Å². The van der Waals surface area contributed by atoms with Crippen LogP contribution in [0.2, 0.25) is 0 Å². The standard InChI is InChI=1S/C18H25F3N4O2/c1-13(17(27)23(2)3)25-10-8-24(9-11-25)12-16(26)22-15-7-5-4-6-14(15)18(19,20)21/h4-7,13H,8-12H2,1-3H3,(H,22,26)/p+2/t13-/m0/s1. The fraction of sp³-hybridized carbons (Fsp3) is 0.556. The Morgan fingerprint density at radius 1 is 1.15 bits per heavy atom. The predicted molar refractivity (Wildman–Crippen MR) is 94.5 cm³/mol. The molecule has 0 unspecified atom stereocenters. The van der Waals surface area contributed by atoms with Crippen molar-refractivity contribution in [1.29, 1.82) is 0 Å². The summed E-state index contributed by atoms with van der Waals surface area (Å²) in [6, 6.07) is 4.82. The summed E-state index contributed by atoms with van der Waals surface area (Å²) in [6.07, 6.45) is -4.51. The van der Waals surface area contributed by atoms with Crippen molar-refractivity contribution in [2.24, 2.45) is 0 Å². The summed E-state index contributed by atoms with van der Waals surface area (Å²) in [5.41, 5.74) is -1.07. The molecular formula is C18H27F3N4O2+2. The third-order valence-electron chi connectivity index (χ3n) is 4.94. The van der Waals surface area contributed by atoms with Crippen LogP contribution in [0.15, 0.2) is 24.3 Å². The van der Waals surface area contributed by atoms with Crippen molar-refractivity contribution >= 4 is 17.5 Å². The molecule has 1 fully saturated rings. The summed E-state index contributed by atoms with van der Waals surface area (Å²) < 4.78 is 39.0. The molecule has 27 heavy (non-hydrogen) atoms. The highest BCUT2D eigenvalue weighted by Crippen LogP contribution is 2.34. The third kappa shape index (κ3) is 5.67. The number of likely N-dealkylation sites (N-methyl/N-ethyl adjacent to an activating group) is 1. The molecule has 0 saturated carbocycles. The highest BCUT2D eigenvalue weighted by Gasteiger charge is 2.35. The fourth-order valence-corrected chi connectivity index (χ4v) is 3.36. The maximum atomic E-state index is 13.0. The SMILES string of the molecule is C[C@@H](C(=O)N(C)C)[NH+]1CC[NH+](CC(=O)Nc2ccccc2C(F)(F)F)CC1. The van der Waals surface area contributed by atoms with Crippen LogP contribution in [0.25, 0.3) is 0 Å². The van der Waals surface area contributed by atoms with E-state index in [4.69, 9.17) is 0 Å². The number of carbonyl (C=O) groups excluding carboxylic acids is 2. The minimum Gasteiger partial charge on any atom is -0.344 e.